The molecule has 2 amide bonds. The smallest absolute Gasteiger partial charge is 0.335 e. The summed E-state index contributed by atoms with van der Waals surface area (Å²) in [6.07, 6.45) is 0. The molecule has 21 heavy (non-hydrogen) atoms. The lowest BCUT2D eigenvalue weighted by Crippen LogP contribution is -2.36. The molecule has 0 unspecified atom stereocenters. The van der Waals surface area contributed by atoms with Crippen LogP contribution in [0.3, 0.4) is 0 Å². The Labute approximate surface area is 123 Å². The number of phenolic OH excluding ortho intramolecular Hbond substituents is 1. The molecule has 0 aliphatic heterocycles. The van der Waals surface area contributed by atoms with Crippen LogP contribution in [-0.2, 0) is 0 Å². The van der Waals surface area contributed by atoms with E-state index in [1.165, 1.54) is 12.1 Å². The fraction of sp³-hybridized carbons (Fsp3) is 0.429. The number of hydrogen-bond acceptors (Lipinski definition) is 4. The molecule has 7 nitrogen and oxygen atoms in total. The molecule has 0 radical (unpaired) electrons. The van der Waals surface area contributed by atoms with Gasteiger partial charge in [0, 0.05) is 13.1 Å². The third-order valence-corrected chi connectivity index (χ3v) is 3.10. The summed E-state index contributed by atoms with van der Waals surface area (Å²) in [5, 5.41) is 23.6. The molecular formula is C14H21N3O4. The summed E-state index contributed by atoms with van der Waals surface area (Å²) < 4.78 is 0. The number of rotatable bonds is 7. The van der Waals surface area contributed by atoms with Crippen LogP contribution in [0.5, 0.6) is 5.75 Å². The molecule has 0 aromatic heterocycles. The van der Waals surface area contributed by atoms with Gasteiger partial charge in [-0.05, 0) is 31.3 Å². The minimum Gasteiger partial charge on any atom is -0.506 e. The van der Waals surface area contributed by atoms with E-state index in [1.54, 1.807) is 0 Å². The Morgan fingerprint density at radius 2 is 1.90 bits per heavy atom. The second-order valence-corrected chi connectivity index (χ2v) is 4.44. The molecule has 0 aliphatic carbocycles. The molecule has 4 N–H and O–H groups in total. The van der Waals surface area contributed by atoms with Crippen LogP contribution in [0.15, 0.2) is 18.2 Å². The van der Waals surface area contributed by atoms with E-state index < -0.39 is 12.0 Å². The van der Waals surface area contributed by atoms with Gasteiger partial charge in [-0.3, -0.25) is 0 Å². The summed E-state index contributed by atoms with van der Waals surface area (Å²) in [6.45, 7) is 7.15. The summed E-state index contributed by atoms with van der Waals surface area (Å²) in [5.74, 6) is -1.42. The molecule has 0 aliphatic rings. The van der Waals surface area contributed by atoms with Crippen molar-refractivity contribution in [2.75, 3.05) is 31.5 Å². The quantitative estimate of drug-likeness (QED) is 0.572. The fourth-order valence-corrected chi connectivity index (χ4v) is 1.80. The van der Waals surface area contributed by atoms with Crippen LogP contribution in [0, 0.1) is 0 Å². The number of hydrogen-bond donors (Lipinski definition) is 4. The first-order valence-electron chi connectivity index (χ1n) is 6.81. The Bertz CT molecular complexity index is 501. The number of amides is 2. The lowest BCUT2D eigenvalue weighted by Gasteiger charge is -2.18. The van der Waals surface area contributed by atoms with Crippen LogP contribution < -0.4 is 10.6 Å². The molecule has 1 aromatic rings. The highest BCUT2D eigenvalue weighted by Crippen LogP contribution is 2.24. The van der Waals surface area contributed by atoms with Crippen molar-refractivity contribution in [1.29, 1.82) is 0 Å². The van der Waals surface area contributed by atoms with Crippen molar-refractivity contribution in [2.45, 2.75) is 13.8 Å². The molecule has 0 fully saturated rings. The van der Waals surface area contributed by atoms with Gasteiger partial charge in [-0.1, -0.05) is 13.8 Å². The average molecular weight is 295 g/mol. The van der Waals surface area contributed by atoms with Crippen LogP contribution in [0.4, 0.5) is 10.5 Å². The number of urea groups is 1. The number of likely N-dealkylation sites (N-methyl/N-ethyl adjacent to an activating group) is 1. The van der Waals surface area contributed by atoms with Crippen LogP contribution in [0.1, 0.15) is 24.2 Å². The first kappa shape index (κ1) is 16.8. The molecule has 0 spiro atoms. The second-order valence-electron chi connectivity index (χ2n) is 4.44. The van der Waals surface area contributed by atoms with Crippen molar-refractivity contribution < 1.29 is 19.8 Å². The van der Waals surface area contributed by atoms with Gasteiger partial charge in [-0.25, -0.2) is 9.59 Å². The van der Waals surface area contributed by atoms with E-state index in [0.717, 1.165) is 25.7 Å². The highest BCUT2D eigenvalue weighted by Gasteiger charge is 2.10. The maximum Gasteiger partial charge on any atom is 0.335 e. The zero-order valence-electron chi connectivity index (χ0n) is 12.2. The number of aromatic hydroxyl groups is 1. The first-order chi connectivity index (χ1) is 9.97. The fourth-order valence-electron chi connectivity index (χ4n) is 1.80. The predicted octanol–water partition coefficient (Wildman–Crippen LogP) is 1.55. The van der Waals surface area contributed by atoms with Gasteiger partial charge in [0.05, 0.1) is 11.3 Å². The minimum absolute atomic E-state index is 0.0417. The maximum atomic E-state index is 11.7. The Morgan fingerprint density at radius 1 is 1.24 bits per heavy atom. The maximum absolute atomic E-state index is 11.7. The largest absolute Gasteiger partial charge is 0.506 e. The van der Waals surface area contributed by atoms with Crippen LogP contribution >= 0.6 is 0 Å². The Morgan fingerprint density at radius 3 is 2.43 bits per heavy atom. The summed E-state index contributed by atoms with van der Waals surface area (Å²) in [4.78, 5) is 24.6. The molecule has 1 aromatic carbocycles. The third-order valence-electron chi connectivity index (χ3n) is 3.10. The van der Waals surface area contributed by atoms with Gasteiger partial charge in [0.1, 0.15) is 5.75 Å². The highest BCUT2D eigenvalue weighted by molar-refractivity contribution is 5.93. The summed E-state index contributed by atoms with van der Waals surface area (Å²) in [7, 11) is 0. The number of nitrogens with one attached hydrogen (secondary N) is 2. The summed E-state index contributed by atoms with van der Waals surface area (Å²) in [5.41, 5.74) is 0.125. The lowest BCUT2D eigenvalue weighted by atomic mass is 10.2. The molecule has 0 atom stereocenters. The number of carbonyl (C=O) groups is 2. The summed E-state index contributed by atoms with van der Waals surface area (Å²) >= 11 is 0. The molecule has 0 heterocycles. The zero-order chi connectivity index (χ0) is 15.8. The van der Waals surface area contributed by atoms with Gasteiger partial charge in [0.25, 0.3) is 0 Å². The third kappa shape index (κ3) is 5.31. The Balaban J connectivity index is 2.50. The van der Waals surface area contributed by atoms with E-state index in [2.05, 4.69) is 15.5 Å². The van der Waals surface area contributed by atoms with Gasteiger partial charge >= 0.3 is 12.0 Å². The molecule has 0 bridgehead atoms. The van der Waals surface area contributed by atoms with E-state index in [9.17, 15) is 14.7 Å². The molecule has 116 valence electrons. The molecular weight excluding hydrogens is 274 g/mol. The van der Waals surface area contributed by atoms with Crippen molar-refractivity contribution in [3.05, 3.63) is 23.8 Å². The van der Waals surface area contributed by atoms with Crippen molar-refractivity contribution in [2.24, 2.45) is 0 Å². The lowest BCUT2D eigenvalue weighted by molar-refractivity contribution is 0.0696. The SMILES string of the molecule is CCN(CC)CCNC(=O)Nc1ccc(C(=O)O)cc1O. The van der Waals surface area contributed by atoms with Crippen molar-refractivity contribution in [3.63, 3.8) is 0 Å². The minimum atomic E-state index is -1.14. The van der Waals surface area contributed by atoms with Gasteiger partial charge in [-0.15, -0.1) is 0 Å². The number of phenols is 1. The van der Waals surface area contributed by atoms with Crippen molar-refractivity contribution in [1.82, 2.24) is 10.2 Å². The molecule has 1 rings (SSSR count). The Kier molecular flexibility index (Phi) is 6.48. The van der Waals surface area contributed by atoms with Gasteiger partial charge in [-0.2, -0.15) is 0 Å². The number of carboxylic acid groups (broad SMARTS) is 1. The number of carboxylic acids is 1. The monoisotopic (exact) mass is 295 g/mol. The van der Waals surface area contributed by atoms with E-state index >= 15 is 0 Å². The number of aromatic carboxylic acids is 1. The van der Waals surface area contributed by atoms with Crippen LogP contribution in [0.2, 0.25) is 0 Å². The van der Waals surface area contributed by atoms with E-state index in [4.69, 9.17) is 5.11 Å². The van der Waals surface area contributed by atoms with Crippen LogP contribution in [0.25, 0.3) is 0 Å². The average Bonchev–Trinajstić information content (AvgIpc) is 2.45. The normalized spacial score (nSPS) is 10.4. The second kappa shape index (κ2) is 8.11. The topological polar surface area (TPSA) is 102 Å². The van der Waals surface area contributed by atoms with E-state index in [0.29, 0.717) is 6.54 Å². The summed E-state index contributed by atoms with van der Waals surface area (Å²) in [6, 6.07) is 3.31. The van der Waals surface area contributed by atoms with E-state index in [1.807, 2.05) is 13.8 Å². The Hall–Kier alpha value is -2.28. The van der Waals surface area contributed by atoms with Crippen molar-refractivity contribution >= 4 is 17.7 Å². The van der Waals surface area contributed by atoms with Crippen LogP contribution in [-0.4, -0.2) is 53.3 Å². The van der Waals surface area contributed by atoms with Gasteiger partial charge < -0.3 is 25.7 Å². The predicted molar refractivity (Wildman–Crippen MR) is 79.9 cm³/mol. The zero-order valence-corrected chi connectivity index (χ0v) is 12.2. The van der Waals surface area contributed by atoms with Crippen molar-refractivity contribution in [3.8, 4) is 5.75 Å². The number of nitrogens with zero attached hydrogens (tertiary/aromatic N) is 1. The number of anilines is 1. The number of carbonyl (C=O) groups excluding carboxylic acids is 1. The first-order valence-corrected chi connectivity index (χ1v) is 6.81. The van der Waals surface area contributed by atoms with Gasteiger partial charge in [0.2, 0.25) is 0 Å². The molecule has 7 heteroatoms. The van der Waals surface area contributed by atoms with Gasteiger partial charge in [0.15, 0.2) is 0 Å². The molecule has 0 saturated carbocycles. The standard InChI is InChI=1S/C14H21N3O4/c1-3-17(4-2)8-7-15-14(21)16-11-6-5-10(13(19)20)9-12(11)18/h5-6,9,18H,3-4,7-8H2,1-2H3,(H,19,20)(H2,15,16,21). The van der Waals surface area contributed by atoms with E-state index in [-0.39, 0.29) is 17.0 Å². The number of benzene rings is 1. The highest BCUT2D eigenvalue weighted by atomic mass is 16.4. The molecule has 0 saturated heterocycles.